The third kappa shape index (κ3) is 3.36. The fourth-order valence-corrected chi connectivity index (χ4v) is 1.76. The van der Waals surface area contributed by atoms with Gasteiger partial charge in [-0.3, -0.25) is 0 Å². The summed E-state index contributed by atoms with van der Waals surface area (Å²) < 4.78 is 38.4. The van der Waals surface area contributed by atoms with E-state index in [4.69, 9.17) is 5.73 Å². The number of alkyl halides is 3. The molecule has 0 aromatic heterocycles. The highest BCUT2D eigenvalue weighted by molar-refractivity contribution is 5.48. The van der Waals surface area contributed by atoms with E-state index in [1.54, 1.807) is 31.2 Å². The van der Waals surface area contributed by atoms with E-state index in [1.165, 1.54) is 4.90 Å². The van der Waals surface area contributed by atoms with Gasteiger partial charge in [-0.25, -0.2) is 0 Å². The van der Waals surface area contributed by atoms with Crippen molar-refractivity contribution in [3.63, 3.8) is 0 Å². The number of aryl methyl sites for hydroxylation is 1. The average Bonchev–Trinajstić information content (AvgIpc) is 2.25. The van der Waals surface area contributed by atoms with E-state index in [0.717, 1.165) is 5.56 Å². The Morgan fingerprint density at radius 1 is 1.24 bits per heavy atom. The first kappa shape index (κ1) is 13.8. The molecule has 96 valence electrons. The lowest BCUT2D eigenvalue weighted by atomic mass is 10.1. The summed E-state index contributed by atoms with van der Waals surface area (Å²) in [5.41, 5.74) is 6.80. The van der Waals surface area contributed by atoms with Crippen LogP contribution in [0.3, 0.4) is 0 Å². The Labute approximate surface area is 99.2 Å². The van der Waals surface area contributed by atoms with Gasteiger partial charge in [0, 0.05) is 18.8 Å². The third-order valence-electron chi connectivity index (χ3n) is 2.68. The quantitative estimate of drug-likeness (QED) is 0.885. The van der Waals surface area contributed by atoms with Crippen LogP contribution in [0.25, 0.3) is 0 Å². The Balaban J connectivity index is 3.01. The third-order valence-corrected chi connectivity index (χ3v) is 2.68. The van der Waals surface area contributed by atoms with Gasteiger partial charge in [-0.15, -0.1) is 0 Å². The molecule has 0 saturated carbocycles. The minimum absolute atomic E-state index is 0.268. The van der Waals surface area contributed by atoms with Crippen LogP contribution in [0.2, 0.25) is 0 Å². The van der Waals surface area contributed by atoms with Gasteiger partial charge in [0.2, 0.25) is 0 Å². The number of hydrogen-bond donors (Lipinski definition) is 1. The summed E-state index contributed by atoms with van der Waals surface area (Å²) in [6.45, 7) is 3.41. The average molecular weight is 246 g/mol. The second-order valence-electron chi connectivity index (χ2n) is 3.91. The first-order valence-electron chi connectivity index (χ1n) is 5.50. The highest BCUT2D eigenvalue weighted by atomic mass is 19.4. The van der Waals surface area contributed by atoms with Crippen LogP contribution in [0.15, 0.2) is 24.3 Å². The second-order valence-corrected chi connectivity index (χ2v) is 3.91. The van der Waals surface area contributed by atoms with Crippen molar-refractivity contribution < 1.29 is 13.2 Å². The van der Waals surface area contributed by atoms with E-state index >= 15 is 0 Å². The van der Waals surface area contributed by atoms with Crippen molar-refractivity contribution in [1.82, 2.24) is 0 Å². The Kier molecular flexibility index (Phi) is 4.40. The van der Waals surface area contributed by atoms with Gasteiger partial charge >= 0.3 is 6.18 Å². The van der Waals surface area contributed by atoms with E-state index in [1.807, 2.05) is 6.92 Å². The maximum absolute atomic E-state index is 12.8. The zero-order chi connectivity index (χ0) is 13.1. The van der Waals surface area contributed by atoms with Crippen LogP contribution in [0, 0.1) is 6.92 Å². The predicted octanol–water partition coefficient (Wildman–Crippen LogP) is 2.71. The van der Waals surface area contributed by atoms with Crippen LogP contribution in [0.4, 0.5) is 18.9 Å². The number of hydrogen-bond acceptors (Lipinski definition) is 2. The highest BCUT2D eigenvalue weighted by Gasteiger charge is 2.42. The van der Waals surface area contributed by atoms with E-state index in [2.05, 4.69) is 0 Å². The normalized spacial score (nSPS) is 13.5. The van der Waals surface area contributed by atoms with Crippen LogP contribution in [0.5, 0.6) is 0 Å². The molecule has 0 heterocycles. The smallest absolute Gasteiger partial charge is 0.359 e. The molecule has 1 aromatic rings. The van der Waals surface area contributed by atoms with Crippen molar-refractivity contribution in [3.8, 4) is 0 Å². The molecule has 17 heavy (non-hydrogen) atoms. The van der Waals surface area contributed by atoms with E-state index < -0.39 is 18.8 Å². The number of nitrogens with two attached hydrogens (primary N) is 1. The molecule has 0 bridgehead atoms. The van der Waals surface area contributed by atoms with Gasteiger partial charge in [-0.1, -0.05) is 17.7 Å². The van der Waals surface area contributed by atoms with E-state index in [-0.39, 0.29) is 6.54 Å². The van der Waals surface area contributed by atoms with Gasteiger partial charge in [0.15, 0.2) is 0 Å². The Bertz CT molecular complexity index is 346. The maximum Gasteiger partial charge on any atom is 0.409 e. The van der Waals surface area contributed by atoms with E-state index in [0.29, 0.717) is 5.69 Å². The summed E-state index contributed by atoms with van der Waals surface area (Å²) in [7, 11) is 0. The first-order valence-corrected chi connectivity index (χ1v) is 5.50. The van der Waals surface area contributed by atoms with Crippen molar-refractivity contribution >= 4 is 5.69 Å². The summed E-state index contributed by atoms with van der Waals surface area (Å²) in [4.78, 5) is 1.28. The molecule has 0 aliphatic rings. The highest BCUT2D eigenvalue weighted by Crippen LogP contribution is 2.28. The number of anilines is 1. The van der Waals surface area contributed by atoms with Crippen molar-refractivity contribution in [2.45, 2.75) is 26.1 Å². The molecule has 1 rings (SSSR count). The van der Waals surface area contributed by atoms with Gasteiger partial charge in [-0.2, -0.15) is 13.2 Å². The molecule has 1 atom stereocenters. The topological polar surface area (TPSA) is 29.3 Å². The molecular weight excluding hydrogens is 229 g/mol. The molecule has 0 aliphatic heterocycles. The molecule has 0 amide bonds. The summed E-state index contributed by atoms with van der Waals surface area (Å²) in [5, 5.41) is 0. The second kappa shape index (κ2) is 5.40. The standard InChI is InChI=1S/C12H17F3N2/c1-3-17(11(8-16)12(13,14)15)10-6-4-9(2)5-7-10/h4-7,11H,3,8,16H2,1-2H3. The molecule has 1 aromatic carbocycles. The number of rotatable bonds is 4. The minimum Gasteiger partial charge on any atom is -0.359 e. The Morgan fingerprint density at radius 3 is 2.12 bits per heavy atom. The Hall–Kier alpha value is -1.23. The van der Waals surface area contributed by atoms with Crippen LogP contribution in [-0.4, -0.2) is 25.3 Å². The minimum atomic E-state index is -4.31. The zero-order valence-corrected chi connectivity index (χ0v) is 9.96. The van der Waals surface area contributed by atoms with Gasteiger partial charge < -0.3 is 10.6 Å². The molecule has 0 spiro atoms. The van der Waals surface area contributed by atoms with Gasteiger partial charge in [0.05, 0.1) is 0 Å². The summed E-state index contributed by atoms with van der Waals surface area (Å²) in [5.74, 6) is 0. The fraction of sp³-hybridized carbons (Fsp3) is 0.500. The molecule has 2 nitrogen and oxygen atoms in total. The summed E-state index contributed by atoms with van der Waals surface area (Å²) in [6, 6.07) is 5.33. The van der Waals surface area contributed by atoms with Crippen molar-refractivity contribution in [1.29, 1.82) is 0 Å². The predicted molar refractivity (Wildman–Crippen MR) is 63.1 cm³/mol. The Morgan fingerprint density at radius 2 is 1.76 bits per heavy atom. The molecular formula is C12H17F3N2. The lowest BCUT2D eigenvalue weighted by Gasteiger charge is -2.33. The van der Waals surface area contributed by atoms with Crippen LogP contribution in [-0.2, 0) is 0 Å². The molecule has 0 saturated heterocycles. The molecule has 0 aliphatic carbocycles. The fourth-order valence-electron chi connectivity index (χ4n) is 1.76. The van der Waals surface area contributed by atoms with Crippen molar-refractivity contribution in [2.75, 3.05) is 18.0 Å². The first-order chi connectivity index (χ1) is 7.90. The number of likely N-dealkylation sites (N-methyl/N-ethyl adjacent to an activating group) is 1. The summed E-state index contributed by atoms with van der Waals surface area (Å²) in [6.07, 6.45) is -4.31. The zero-order valence-electron chi connectivity index (χ0n) is 9.96. The van der Waals surface area contributed by atoms with Crippen molar-refractivity contribution in [2.24, 2.45) is 5.73 Å². The molecule has 5 heteroatoms. The molecule has 2 N–H and O–H groups in total. The molecule has 1 unspecified atom stereocenters. The SMILES string of the molecule is CCN(c1ccc(C)cc1)C(CN)C(F)(F)F. The van der Waals surface area contributed by atoms with Crippen LogP contribution in [0.1, 0.15) is 12.5 Å². The van der Waals surface area contributed by atoms with Gasteiger partial charge in [0.25, 0.3) is 0 Å². The maximum atomic E-state index is 12.8. The number of nitrogens with zero attached hydrogens (tertiary/aromatic N) is 1. The van der Waals surface area contributed by atoms with E-state index in [9.17, 15) is 13.2 Å². The lowest BCUT2D eigenvalue weighted by Crippen LogP contribution is -2.50. The summed E-state index contributed by atoms with van der Waals surface area (Å²) >= 11 is 0. The van der Waals surface area contributed by atoms with Crippen LogP contribution >= 0.6 is 0 Å². The molecule has 0 radical (unpaired) electrons. The largest absolute Gasteiger partial charge is 0.409 e. The van der Waals surface area contributed by atoms with Crippen LogP contribution < -0.4 is 10.6 Å². The van der Waals surface area contributed by atoms with Crippen molar-refractivity contribution in [3.05, 3.63) is 29.8 Å². The molecule has 0 fully saturated rings. The van der Waals surface area contributed by atoms with Gasteiger partial charge in [-0.05, 0) is 26.0 Å². The van der Waals surface area contributed by atoms with Gasteiger partial charge in [0.1, 0.15) is 6.04 Å². The number of benzene rings is 1. The lowest BCUT2D eigenvalue weighted by molar-refractivity contribution is -0.146. The monoisotopic (exact) mass is 246 g/mol. The number of halogens is 3.